The van der Waals surface area contributed by atoms with Crippen LogP contribution in [0.4, 0.5) is 0 Å². The molecule has 3 N–H and O–H groups in total. The van der Waals surface area contributed by atoms with Gasteiger partial charge in [0, 0.05) is 19.7 Å². The first-order chi connectivity index (χ1) is 6.85. The van der Waals surface area contributed by atoms with E-state index in [4.69, 9.17) is 10.5 Å². The molecule has 0 aliphatic carbocycles. The fourth-order valence-corrected chi connectivity index (χ4v) is 2.24. The van der Waals surface area contributed by atoms with Gasteiger partial charge in [0.05, 0.1) is 11.9 Å². The largest absolute Gasteiger partial charge is 0.383 e. The topological polar surface area (TPSA) is 81.4 Å². The quantitative estimate of drug-likeness (QED) is 0.650. The van der Waals surface area contributed by atoms with Crippen molar-refractivity contribution in [3.05, 3.63) is 0 Å². The summed E-state index contributed by atoms with van der Waals surface area (Å²) in [6.07, 6.45) is 0. The van der Waals surface area contributed by atoms with E-state index in [2.05, 4.69) is 4.72 Å². The Morgan fingerprint density at radius 1 is 1.33 bits per heavy atom. The van der Waals surface area contributed by atoms with Crippen LogP contribution in [0.15, 0.2) is 0 Å². The molecule has 2 unspecified atom stereocenters. The first-order valence-corrected chi connectivity index (χ1v) is 6.60. The van der Waals surface area contributed by atoms with E-state index in [0.717, 1.165) is 0 Å². The first-order valence-electron chi connectivity index (χ1n) is 5.05. The van der Waals surface area contributed by atoms with Crippen LogP contribution in [0.3, 0.4) is 0 Å². The third-order valence-electron chi connectivity index (χ3n) is 2.33. The van der Waals surface area contributed by atoms with Gasteiger partial charge in [0.2, 0.25) is 10.0 Å². The summed E-state index contributed by atoms with van der Waals surface area (Å²) >= 11 is 0. The van der Waals surface area contributed by atoms with Crippen molar-refractivity contribution in [1.29, 1.82) is 0 Å². The van der Waals surface area contributed by atoms with Gasteiger partial charge in [0.25, 0.3) is 0 Å². The Labute approximate surface area is 92.4 Å². The van der Waals surface area contributed by atoms with Gasteiger partial charge < -0.3 is 10.5 Å². The second kappa shape index (κ2) is 6.42. The van der Waals surface area contributed by atoms with Gasteiger partial charge in [0.15, 0.2) is 0 Å². The number of hydrogen-bond donors (Lipinski definition) is 2. The Kier molecular flexibility index (Phi) is 6.35. The summed E-state index contributed by atoms with van der Waals surface area (Å²) in [5.74, 6) is 0.185. The zero-order valence-corrected chi connectivity index (χ0v) is 10.7. The maximum Gasteiger partial charge on any atom is 0.215 e. The van der Waals surface area contributed by atoms with Gasteiger partial charge in [-0.15, -0.1) is 0 Å². The molecule has 0 radical (unpaired) electrons. The van der Waals surface area contributed by atoms with E-state index in [9.17, 15) is 8.42 Å². The molecule has 0 rings (SSSR count). The second-order valence-electron chi connectivity index (χ2n) is 4.02. The van der Waals surface area contributed by atoms with Crippen molar-refractivity contribution in [3.63, 3.8) is 0 Å². The molecule has 0 aliphatic rings. The lowest BCUT2D eigenvalue weighted by atomic mass is 10.1. The highest BCUT2D eigenvalue weighted by molar-refractivity contribution is 7.90. The molecule has 0 aromatic rings. The molecule has 0 aromatic heterocycles. The molecule has 92 valence electrons. The van der Waals surface area contributed by atoms with Crippen LogP contribution in [0.5, 0.6) is 0 Å². The molecule has 0 fully saturated rings. The lowest BCUT2D eigenvalue weighted by molar-refractivity contribution is 0.157. The summed E-state index contributed by atoms with van der Waals surface area (Å²) < 4.78 is 31.0. The molecule has 0 spiro atoms. The van der Waals surface area contributed by atoms with E-state index in [0.29, 0.717) is 6.61 Å². The Morgan fingerprint density at radius 2 is 1.87 bits per heavy atom. The zero-order chi connectivity index (χ0) is 12.1. The third-order valence-corrected chi connectivity index (χ3v) is 4.21. The Bertz CT molecular complexity index is 265. The average Bonchev–Trinajstić information content (AvgIpc) is 2.15. The van der Waals surface area contributed by atoms with Crippen LogP contribution in [-0.2, 0) is 14.8 Å². The first kappa shape index (κ1) is 14.8. The molecule has 0 bridgehead atoms. The van der Waals surface area contributed by atoms with Crippen molar-refractivity contribution in [1.82, 2.24) is 4.72 Å². The van der Waals surface area contributed by atoms with Crippen molar-refractivity contribution in [3.8, 4) is 0 Å². The van der Waals surface area contributed by atoms with Crippen LogP contribution >= 0.6 is 0 Å². The molecular weight excluding hydrogens is 216 g/mol. The van der Waals surface area contributed by atoms with Gasteiger partial charge in [-0.3, -0.25) is 0 Å². The van der Waals surface area contributed by atoms with Crippen molar-refractivity contribution < 1.29 is 13.2 Å². The van der Waals surface area contributed by atoms with Crippen molar-refractivity contribution in [2.45, 2.75) is 32.1 Å². The number of nitrogens with one attached hydrogen (secondary N) is 1. The standard InChI is InChI=1S/C9H22N2O3S/c1-7(2)9(6-14-4)11-15(12,13)8(3)5-10/h7-9,11H,5-6,10H2,1-4H3. The smallest absolute Gasteiger partial charge is 0.215 e. The molecule has 0 amide bonds. The molecule has 2 atom stereocenters. The highest BCUT2D eigenvalue weighted by atomic mass is 32.2. The van der Waals surface area contributed by atoms with Crippen LogP contribution in [0.25, 0.3) is 0 Å². The summed E-state index contributed by atoms with van der Waals surface area (Å²) in [4.78, 5) is 0. The van der Waals surface area contributed by atoms with Gasteiger partial charge in [0.1, 0.15) is 0 Å². The minimum Gasteiger partial charge on any atom is -0.383 e. The van der Waals surface area contributed by atoms with Gasteiger partial charge in [-0.2, -0.15) is 0 Å². The lowest BCUT2D eigenvalue weighted by Gasteiger charge is -2.23. The van der Waals surface area contributed by atoms with Gasteiger partial charge in [-0.05, 0) is 12.8 Å². The Morgan fingerprint density at radius 3 is 2.20 bits per heavy atom. The lowest BCUT2D eigenvalue weighted by Crippen LogP contribution is -2.46. The van der Waals surface area contributed by atoms with Crippen LogP contribution in [0, 0.1) is 5.92 Å². The molecule has 6 heteroatoms. The number of nitrogens with two attached hydrogens (primary N) is 1. The van der Waals surface area contributed by atoms with E-state index in [-0.39, 0.29) is 18.5 Å². The predicted molar refractivity (Wildman–Crippen MR) is 61.1 cm³/mol. The predicted octanol–water partition coefficient (Wildman–Crippen LogP) is -0.0760. The van der Waals surface area contributed by atoms with Crippen LogP contribution < -0.4 is 10.5 Å². The van der Waals surface area contributed by atoms with E-state index < -0.39 is 15.3 Å². The molecule has 0 saturated carbocycles. The van der Waals surface area contributed by atoms with Crippen LogP contribution in [0.1, 0.15) is 20.8 Å². The third kappa shape index (κ3) is 4.92. The molecule has 0 aromatic carbocycles. The number of ether oxygens (including phenoxy) is 1. The van der Waals surface area contributed by atoms with Gasteiger partial charge in [-0.25, -0.2) is 13.1 Å². The normalized spacial score (nSPS) is 16.7. The van der Waals surface area contributed by atoms with Crippen molar-refractivity contribution in [2.75, 3.05) is 20.3 Å². The van der Waals surface area contributed by atoms with Gasteiger partial charge in [-0.1, -0.05) is 13.8 Å². The molecule has 0 heterocycles. The van der Waals surface area contributed by atoms with E-state index in [1.165, 1.54) is 0 Å². The minimum atomic E-state index is -3.33. The molecule has 5 nitrogen and oxygen atoms in total. The second-order valence-corrected chi connectivity index (χ2v) is 6.15. The van der Waals surface area contributed by atoms with E-state index >= 15 is 0 Å². The Hall–Kier alpha value is -0.170. The van der Waals surface area contributed by atoms with Crippen molar-refractivity contribution in [2.24, 2.45) is 11.7 Å². The molecule has 0 saturated heterocycles. The monoisotopic (exact) mass is 238 g/mol. The summed E-state index contributed by atoms with van der Waals surface area (Å²) in [5, 5.41) is -0.574. The average molecular weight is 238 g/mol. The number of hydrogen-bond acceptors (Lipinski definition) is 4. The van der Waals surface area contributed by atoms with Crippen LogP contribution in [-0.4, -0.2) is 40.0 Å². The zero-order valence-electron chi connectivity index (χ0n) is 9.86. The summed E-state index contributed by atoms with van der Waals surface area (Å²) in [7, 11) is -1.78. The maximum atomic E-state index is 11.7. The van der Waals surface area contributed by atoms with Crippen molar-refractivity contribution >= 4 is 10.0 Å². The molecule has 15 heavy (non-hydrogen) atoms. The summed E-state index contributed by atoms with van der Waals surface area (Å²) in [5.41, 5.74) is 5.33. The molecule has 0 aliphatic heterocycles. The number of rotatable bonds is 7. The highest BCUT2D eigenvalue weighted by Crippen LogP contribution is 2.06. The van der Waals surface area contributed by atoms with Crippen LogP contribution in [0.2, 0.25) is 0 Å². The minimum absolute atomic E-state index is 0.118. The van der Waals surface area contributed by atoms with E-state index in [1.54, 1.807) is 14.0 Å². The Balaban J connectivity index is 4.52. The SMILES string of the molecule is COCC(NS(=O)(=O)C(C)CN)C(C)C. The maximum absolute atomic E-state index is 11.7. The number of methoxy groups -OCH3 is 1. The fourth-order valence-electron chi connectivity index (χ4n) is 0.996. The fraction of sp³-hybridized carbons (Fsp3) is 1.00. The summed E-state index contributed by atoms with van der Waals surface area (Å²) in [6.45, 7) is 5.96. The highest BCUT2D eigenvalue weighted by Gasteiger charge is 2.24. The molecular formula is C9H22N2O3S. The van der Waals surface area contributed by atoms with E-state index in [1.807, 2.05) is 13.8 Å². The summed E-state index contributed by atoms with van der Waals surface area (Å²) in [6, 6.07) is -0.200. The number of sulfonamides is 1. The van der Waals surface area contributed by atoms with Gasteiger partial charge >= 0.3 is 0 Å².